The summed E-state index contributed by atoms with van der Waals surface area (Å²) in [7, 11) is 0. The molecule has 0 aromatic heterocycles. The van der Waals surface area contributed by atoms with Crippen LogP contribution in [0.25, 0.3) is 5.57 Å². The highest BCUT2D eigenvalue weighted by Gasteiger charge is 2.08. The molecule has 0 atom stereocenters. The van der Waals surface area contributed by atoms with Gasteiger partial charge >= 0.3 is 0 Å². The second-order valence-corrected chi connectivity index (χ2v) is 4.67. The predicted octanol–water partition coefficient (Wildman–Crippen LogP) is 2.47. The quantitative estimate of drug-likeness (QED) is 0.583. The highest BCUT2D eigenvalue weighted by atomic mass is 16.3. The molecule has 4 nitrogen and oxygen atoms in total. The van der Waals surface area contributed by atoms with Gasteiger partial charge in [0.25, 0.3) is 5.91 Å². The number of aromatic hydroxyl groups is 2. The van der Waals surface area contributed by atoms with E-state index in [-0.39, 0.29) is 17.4 Å². The number of benzene rings is 2. The van der Waals surface area contributed by atoms with Gasteiger partial charge in [0.05, 0.1) is 0 Å². The van der Waals surface area contributed by atoms with E-state index in [1.807, 2.05) is 30.3 Å². The van der Waals surface area contributed by atoms with E-state index < -0.39 is 0 Å². The summed E-state index contributed by atoms with van der Waals surface area (Å²) in [6.45, 7) is 4.22. The Morgan fingerprint density at radius 1 is 1.05 bits per heavy atom. The van der Waals surface area contributed by atoms with Crippen LogP contribution in [0.3, 0.4) is 0 Å². The molecule has 1 amide bonds. The first-order chi connectivity index (χ1) is 10.1. The molecular weight excluding hydrogens is 266 g/mol. The molecule has 0 aliphatic carbocycles. The molecule has 0 bridgehead atoms. The van der Waals surface area contributed by atoms with E-state index in [9.17, 15) is 15.0 Å². The highest BCUT2D eigenvalue weighted by Crippen LogP contribution is 2.24. The zero-order valence-corrected chi connectivity index (χ0v) is 11.5. The molecule has 2 rings (SSSR count). The predicted molar refractivity (Wildman–Crippen MR) is 82.0 cm³/mol. The maximum Gasteiger partial charge on any atom is 0.251 e. The lowest BCUT2D eigenvalue weighted by Gasteiger charge is -2.08. The molecule has 0 saturated carbocycles. The van der Waals surface area contributed by atoms with Crippen LogP contribution < -0.4 is 5.32 Å². The number of phenolic OH excluding ortho intramolecular Hbond substituents is 2. The van der Waals surface area contributed by atoms with Crippen molar-refractivity contribution in [3.8, 4) is 11.5 Å². The van der Waals surface area contributed by atoms with E-state index in [0.29, 0.717) is 18.5 Å². The minimum Gasteiger partial charge on any atom is -0.504 e. The van der Waals surface area contributed by atoms with E-state index in [2.05, 4.69) is 11.9 Å². The Morgan fingerprint density at radius 2 is 1.76 bits per heavy atom. The molecule has 21 heavy (non-hydrogen) atoms. The monoisotopic (exact) mass is 283 g/mol. The van der Waals surface area contributed by atoms with E-state index >= 15 is 0 Å². The van der Waals surface area contributed by atoms with Gasteiger partial charge in [-0.1, -0.05) is 43.0 Å². The molecule has 0 aliphatic heterocycles. The van der Waals surface area contributed by atoms with Gasteiger partial charge in [-0.2, -0.15) is 0 Å². The summed E-state index contributed by atoms with van der Waals surface area (Å²) in [6, 6.07) is 13.9. The molecule has 2 aromatic rings. The van der Waals surface area contributed by atoms with Crippen LogP contribution in [0.2, 0.25) is 0 Å². The lowest BCUT2D eigenvalue weighted by Crippen LogP contribution is -2.26. The van der Waals surface area contributed by atoms with E-state index in [4.69, 9.17) is 0 Å². The van der Waals surface area contributed by atoms with E-state index in [0.717, 1.165) is 11.1 Å². The van der Waals surface area contributed by atoms with Crippen molar-refractivity contribution >= 4 is 11.5 Å². The van der Waals surface area contributed by atoms with Crippen LogP contribution in [0.4, 0.5) is 0 Å². The molecule has 0 aliphatic rings. The first-order valence-electron chi connectivity index (χ1n) is 6.61. The van der Waals surface area contributed by atoms with Gasteiger partial charge in [0.1, 0.15) is 0 Å². The van der Waals surface area contributed by atoms with Crippen molar-refractivity contribution in [1.29, 1.82) is 0 Å². The van der Waals surface area contributed by atoms with Crippen LogP contribution in [0.5, 0.6) is 11.5 Å². The second-order valence-electron chi connectivity index (χ2n) is 4.67. The van der Waals surface area contributed by atoms with Gasteiger partial charge in [-0.25, -0.2) is 0 Å². The number of rotatable bonds is 5. The van der Waals surface area contributed by atoms with Crippen LogP contribution in [-0.2, 0) is 11.2 Å². The Morgan fingerprint density at radius 3 is 2.43 bits per heavy atom. The topological polar surface area (TPSA) is 69.6 Å². The highest BCUT2D eigenvalue weighted by molar-refractivity contribution is 6.18. The summed E-state index contributed by atoms with van der Waals surface area (Å²) >= 11 is 0. The van der Waals surface area contributed by atoms with Gasteiger partial charge in [-0.15, -0.1) is 0 Å². The van der Waals surface area contributed by atoms with Gasteiger partial charge in [-0.3, -0.25) is 4.79 Å². The van der Waals surface area contributed by atoms with Gasteiger partial charge in [0.2, 0.25) is 0 Å². The fourth-order valence-electron chi connectivity index (χ4n) is 1.92. The second kappa shape index (κ2) is 6.61. The SMILES string of the molecule is C=C(C(=O)NCCc1ccc(O)c(O)c1)c1ccccc1. The largest absolute Gasteiger partial charge is 0.504 e. The van der Waals surface area contributed by atoms with Crippen molar-refractivity contribution in [2.75, 3.05) is 6.54 Å². The van der Waals surface area contributed by atoms with Crippen molar-refractivity contribution in [2.45, 2.75) is 6.42 Å². The smallest absolute Gasteiger partial charge is 0.251 e. The number of amides is 1. The normalized spacial score (nSPS) is 10.1. The number of phenols is 2. The average molecular weight is 283 g/mol. The van der Waals surface area contributed by atoms with Gasteiger partial charge in [0.15, 0.2) is 11.5 Å². The molecule has 2 aromatic carbocycles. The van der Waals surface area contributed by atoms with Crippen LogP contribution >= 0.6 is 0 Å². The third kappa shape index (κ3) is 3.86. The van der Waals surface area contributed by atoms with Crippen LogP contribution in [0.1, 0.15) is 11.1 Å². The minimum atomic E-state index is -0.218. The molecule has 0 radical (unpaired) electrons. The number of hydrogen-bond donors (Lipinski definition) is 3. The van der Waals surface area contributed by atoms with Crippen LogP contribution in [0.15, 0.2) is 55.1 Å². The standard InChI is InChI=1S/C17H17NO3/c1-12(14-5-3-2-4-6-14)17(21)18-10-9-13-7-8-15(19)16(20)11-13/h2-8,11,19-20H,1,9-10H2,(H,18,21). The van der Waals surface area contributed by atoms with Crippen molar-refractivity contribution in [3.05, 3.63) is 66.2 Å². The van der Waals surface area contributed by atoms with Gasteiger partial charge < -0.3 is 15.5 Å². The third-order valence-corrected chi connectivity index (χ3v) is 3.14. The number of carbonyl (C=O) groups is 1. The van der Waals surface area contributed by atoms with Crippen LogP contribution in [0, 0.1) is 0 Å². The van der Waals surface area contributed by atoms with E-state index in [1.54, 1.807) is 6.07 Å². The average Bonchev–Trinajstić information content (AvgIpc) is 2.51. The molecule has 0 unspecified atom stereocenters. The molecular formula is C17H17NO3. The fourth-order valence-corrected chi connectivity index (χ4v) is 1.92. The summed E-state index contributed by atoms with van der Waals surface area (Å²) in [5, 5.41) is 21.4. The number of carbonyl (C=O) groups excluding carboxylic acids is 1. The number of nitrogens with one attached hydrogen (secondary N) is 1. The molecule has 4 heteroatoms. The summed E-state index contributed by atoms with van der Waals surface area (Å²) in [4.78, 5) is 12.0. The van der Waals surface area contributed by atoms with Crippen molar-refractivity contribution in [1.82, 2.24) is 5.32 Å². The lowest BCUT2D eigenvalue weighted by atomic mass is 10.1. The zero-order chi connectivity index (χ0) is 15.2. The van der Waals surface area contributed by atoms with Gasteiger partial charge in [-0.05, 0) is 29.7 Å². The Labute approximate surface area is 123 Å². The Bertz CT molecular complexity index is 650. The van der Waals surface area contributed by atoms with Crippen molar-refractivity contribution < 1.29 is 15.0 Å². The lowest BCUT2D eigenvalue weighted by molar-refractivity contribution is -0.115. The molecule has 0 heterocycles. The zero-order valence-electron chi connectivity index (χ0n) is 11.5. The number of hydrogen-bond acceptors (Lipinski definition) is 3. The summed E-state index contributed by atoms with van der Waals surface area (Å²) < 4.78 is 0. The third-order valence-electron chi connectivity index (χ3n) is 3.14. The van der Waals surface area contributed by atoms with E-state index in [1.165, 1.54) is 12.1 Å². The molecule has 3 N–H and O–H groups in total. The van der Waals surface area contributed by atoms with Crippen molar-refractivity contribution in [2.24, 2.45) is 0 Å². The van der Waals surface area contributed by atoms with Crippen molar-refractivity contribution in [3.63, 3.8) is 0 Å². The maximum atomic E-state index is 12.0. The fraction of sp³-hybridized carbons (Fsp3) is 0.118. The summed E-state index contributed by atoms with van der Waals surface area (Å²) in [5.41, 5.74) is 2.04. The van der Waals surface area contributed by atoms with Gasteiger partial charge in [0, 0.05) is 12.1 Å². The summed E-state index contributed by atoms with van der Waals surface area (Å²) in [5.74, 6) is -0.531. The molecule has 0 saturated heterocycles. The summed E-state index contributed by atoms with van der Waals surface area (Å²) in [6.07, 6.45) is 0.557. The molecule has 0 fully saturated rings. The molecule has 0 spiro atoms. The maximum absolute atomic E-state index is 12.0. The van der Waals surface area contributed by atoms with Crippen LogP contribution in [-0.4, -0.2) is 22.7 Å². The Hall–Kier alpha value is -2.75. The minimum absolute atomic E-state index is 0.153. The first-order valence-corrected chi connectivity index (χ1v) is 6.61. The molecule has 108 valence electrons. The first kappa shape index (κ1) is 14.7. The Balaban J connectivity index is 1.87. The Kier molecular flexibility index (Phi) is 4.61.